The lowest BCUT2D eigenvalue weighted by atomic mass is 10.0. The number of benzene rings is 1. The van der Waals surface area contributed by atoms with Gasteiger partial charge in [0.2, 0.25) is 17.7 Å². The Labute approximate surface area is 200 Å². The van der Waals surface area contributed by atoms with Crippen LogP contribution >= 0.6 is 11.8 Å². The molecule has 3 amide bonds. The highest BCUT2D eigenvalue weighted by Gasteiger charge is 2.28. The number of thioether (sulfide) groups is 1. The lowest BCUT2D eigenvalue weighted by Crippen LogP contribution is -2.56. The molecule has 0 spiro atoms. The largest absolute Gasteiger partial charge is 0.508 e. The highest BCUT2D eigenvalue weighted by Crippen LogP contribution is 2.12. The first-order chi connectivity index (χ1) is 16.0. The van der Waals surface area contributed by atoms with Crippen molar-refractivity contribution in [3.63, 3.8) is 0 Å². The van der Waals surface area contributed by atoms with Crippen molar-refractivity contribution < 1.29 is 39.3 Å². The van der Waals surface area contributed by atoms with Gasteiger partial charge in [-0.2, -0.15) is 11.8 Å². The second-order valence-corrected chi connectivity index (χ2v) is 8.41. The number of phenolic OH excluding ortho intramolecular Hbond substituents is 1. The molecule has 12 nitrogen and oxygen atoms in total. The zero-order valence-electron chi connectivity index (χ0n) is 18.7. The van der Waals surface area contributed by atoms with Crippen LogP contribution in [0.4, 0.5) is 0 Å². The molecule has 0 heterocycles. The molecule has 0 aliphatic rings. The smallest absolute Gasteiger partial charge is 0.322 e. The Morgan fingerprint density at radius 2 is 1.53 bits per heavy atom. The predicted molar refractivity (Wildman–Crippen MR) is 124 cm³/mol. The van der Waals surface area contributed by atoms with E-state index in [0.717, 1.165) is 0 Å². The Morgan fingerprint density at radius 1 is 0.912 bits per heavy atom. The Kier molecular flexibility index (Phi) is 12.5. The summed E-state index contributed by atoms with van der Waals surface area (Å²) in [5, 5.41) is 34.3. The Hall–Kier alpha value is -3.32. The number of nitrogens with two attached hydrogens (primary N) is 1. The highest BCUT2D eigenvalue weighted by molar-refractivity contribution is 7.98. The zero-order valence-corrected chi connectivity index (χ0v) is 19.5. The maximum absolute atomic E-state index is 13.0. The number of carbonyl (C=O) groups is 5. The van der Waals surface area contributed by atoms with Crippen LogP contribution in [-0.4, -0.2) is 81.7 Å². The number of phenols is 1. The first kappa shape index (κ1) is 28.7. The molecule has 13 heteroatoms. The average molecular weight is 499 g/mol. The molecule has 0 saturated heterocycles. The van der Waals surface area contributed by atoms with E-state index in [1.165, 1.54) is 23.9 Å². The van der Waals surface area contributed by atoms with Crippen LogP contribution in [0.2, 0.25) is 0 Å². The van der Waals surface area contributed by atoms with Gasteiger partial charge >= 0.3 is 11.9 Å². The summed E-state index contributed by atoms with van der Waals surface area (Å²) < 4.78 is 0. The van der Waals surface area contributed by atoms with E-state index in [4.69, 9.17) is 15.9 Å². The van der Waals surface area contributed by atoms with Gasteiger partial charge in [-0.1, -0.05) is 12.1 Å². The molecule has 8 N–H and O–H groups in total. The standard InChI is InChI=1S/C21H30N4O8S/c1-34-9-8-15(20(32)23-11-18(29)30)24-21(33)16(10-12-2-4-13(26)5-3-12)25-19(31)14(22)6-7-17(27)28/h2-5,14-16,26H,6-11,22H2,1H3,(H,23,32)(H,24,33)(H,25,31)(H,27,28)(H,29,30). The number of carbonyl (C=O) groups excluding carboxylic acids is 3. The van der Waals surface area contributed by atoms with Crippen LogP contribution in [-0.2, 0) is 30.4 Å². The summed E-state index contributed by atoms with van der Waals surface area (Å²) in [6.07, 6.45) is 1.55. The van der Waals surface area contributed by atoms with Gasteiger partial charge in [0.1, 0.15) is 24.4 Å². The minimum Gasteiger partial charge on any atom is -0.508 e. The van der Waals surface area contributed by atoms with Crippen molar-refractivity contribution >= 4 is 41.4 Å². The molecule has 0 aliphatic heterocycles. The topological polar surface area (TPSA) is 208 Å². The molecule has 34 heavy (non-hydrogen) atoms. The second kappa shape index (κ2) is 14.8. The molecule has 0 fully saturated rings. The molecular weight excluding hydrogens is 468 g/mol. The molecule has 0 bridgehead atoms. The lowest BCUT2D eigenvalue weighted by molar-refractivity contribution is -0.139. The van der Waals surface area contributed by atoms with E-state index in [9.17, 15) is 29.1 Å². The van der Waals surface area contributed by atoms with Crippen molar-refractivity contribution in [2.45, 2.75) is 43.8 Å². The van der Waals surface area contributed by atoms with Gasteiger partial charge < -0.3 is 37.0 Å². The number of carboxylic acid groups (broad SMARTS) is 2. The number of carboxylic acids is 2. The Balaban J connectivity index is 3.01. The van der Waals surface area contributed by atoms with Crippen molar-refractivity contribution in [3.8, 4) is 5.75 Å². The third kappa shape index (κ3) is 11.0. The van der Waals surface area contributed by atoms with E-state index in [0.29, 0.717) is 11.3 Å². The number of rotatable bonds is 15. The third-order valence-electron chi connectivity index (χ3n) is 4.67. The van der Waals surface area contributed by atoms with Gasteiger partial charge in [0, 0.05) is 12.8 Å². The van der Waals surface area contributed by atoms with Gasteiger partial charge in [-0.05, 0) is 42.5 Å². The molecule has 0 aliphatic carbocycles. The van der Waals surface area contributed by atoms with Crippen LogP contribution in [0.5, 0.6) is 5.75 Å². The monoisotopic (exact) mass is 498 g/mol. The number of aromatic hydroxyl groups is 1. The second-order valence-electron chi connectivity index (χ2n) is 7.42. The predicted octanol–water partition coefficient (Wildman–Crippen LogP) is -0.950. The summed E-state index contributed by atoms with van der Waals surface area (Å²) in [5.41, 5.74) is 6.34. The summed E-state index contributed by atoms with van der Waals surface area (Å²) in [4.78, 5) is 59.4. The van der Waals surface area contributed by atoms with Gasteiger partial charge in [0.15, 0.2) is 0 Å². The van der Waals surface area contributed by atoms with Crippen LogP contribution < -0.4 is 21.7 Å². The third-order valence-corrected chi connectivity index (χ3v) is 5.32. The van der Waals surface area contributed by atoms with E-state index >= 15 is 0 Å². The summed E-state index contributed by atoms with van der Waals surface area (Å²) in [6.45, 7) is -0.615. The van der Waals surface area contributed by atoms with Gasteiger partial charge in [0.25, 0.3) is 0 Å². The minimum atomic E-state index is -1.24. The maximum atomic E-state index is 13.0. The van der Waals surface area contributed by atoms with E-state index in [1.54, 1.807) is 18.4 Å². The first-order valence-corrected chi connectivity index (χ1v) is 11.8. The maximum Gasteiger partial charge on any atom is 0.322 e. The first-order valence-electron chi connectivity index (χ1n) is 10.4. The summed E-state index contributed by atoms with van der Waals surface area (Å²) >= 11 is 1.43. The van der Waals surface area contributed by atoms with E-state index in [1.807, 2.05) is 0 Å². The van der Waals surface area contributed by atoms with E-state index < -0.39 is 54.3 Å². The number of hydrogen-bond acceptors (Lipinski definition) is 8. The van der Waals surface area contributed by atoms with Crippen LogP contribution in [0, 0.1) is 0 Å². The minimum absolute atomic E-state index is 0.00447. The molecule has 0 aromatic heterocycles. The molecule has 3 atom stereocenters. The normalized spacial score (nSPS) is 13.2. The highest BCUT2D eigenvalue weighted by atomic mass is 32.2. The Morgan fingerprint density at radius 3 is 2.09 bits per heavy atom. The van der Waals surface area contributed by atoms with Gasteiger partial charge in [-0.3, -0.25) is 24.0 Å². The quantitative estimate of drug-likeness (QED) is 0.158. The van der Waals surface area contributed by atoms with Crippen LogP contribution in [0.25, 0.3) is 0 Å². The van der Waals surface area contributed by atoms with Crippen molar-refractivity contribution in [1.29, 1.82) is 0 Å². The van der Waals surface area contributed by atoms with Crippen LogP contribution in [0.15, 0.2) is 24.3 Å². The van der Waals surface area contributed by atoms with E-state index in [-0.39, 0.29) is 31.4 Å². The summed E-state index contributed by atoms with van der Waals surface area (Å²) in [7, 11) is 0. The lowest BCUT2D eigenvalue weighted by Gasteiger charge is -2.24. The van der Waals surface area contributed by atoms with Crippen molar-refractivity contribution in [2.75, 3.05) is 18.6 Å². The fourth-order valence-corrected chi connectivity index (χ4v) is 3.30. The van der Waals surface area contributed by atoms with Crippen molar-refractivity contribution in [1.82, 2.24) is 16.0 Å². The molecule has 188 valence electrons. The SMILES string of the molecule is CSCCC(NC(=O)C(Cc1ccc(O)cc1)NC(=O)C(N)CCC(=O)O)C(=O)NCC(=O)O. The van der Waals surface area contributed by atoms with Crippen molar-refractivity contribution in [3.05, 3.63) is 29.8 Å². The fraction of sp³-hybridized carbons (Fsp3) is 0.476. The van der Waals surface area contributed by atoms with E-state index in [2.05, 4.69) is 16.0 Å². The average Bonchev–Trinajstić information content (AvgIpc) is 2.79. The number of nitrogens with one attached hydrogen (secondary N) is 3. The number of hydrogen-bond donors (Lipinski definition) is 7. The number of amides is 3. The van der Waals surface area contributed by atoms with Crippen LogP contribution in [0.3, 0.4) is 0 Å². The molecule has 1 rings (SSSR count). The van der Waals surface area contributed by atoms with Gasteiger partial charge in [-0.15, -0.1) is 0 Å². The Bertz CT molecular complexity index is 865. The van der Waals surface area contributed by atoms with Gasteiger partial charge in [-0.25, -0.2) is 0 Å². The molecular formula is C21H30N4O8S. The molecule has 0 radical (unpaired) electrons. The molecule has 1 aromatic rings. The molecule has 1 aromatic carbocycles. The zero-order chi connectivity index (χ0) is 25.7. The van der Waals surface area contributed by atoms with Gasteiger partial charge in [0.05, 0.1) is 6.04 Å². The summed E-state index contributed by atoms with van der Waals surface area (Å²) in [6, 6.07) is 2.54. The summed E-state index contributed by atoms with van der Waals surface area (Å²) in [5.74, 6) is -3.98. The molecule has 0 saturated carbocycles. The number of aliphatic carboxylic acids is 2. The molecule has 3 unspecified atom stereocenters. The fourth-order valence-electron chi connectivity index (χ4n) is 2.83. The van der Waals surface area contributed by atoms with Crippen molar-refractivity contribution in [2.24, 2.45) is 5.73 Å². The van der Waals surface area contributed by atoms with Crippen LogP contribution in [0.1, 0.15) is 24.8 Å².